The molecule has 4 heteroatoms. The van der Waals surface area contributed by atoms with E-state index in [2.05, 4.69) is 22.3 Å². The number of rotatable bonds is 7. The summed E-state index contributed by atoms with van der Waals surface area (Å²) in [6.07, 6.45) is 2.28. The van der Waals surface area contributed by atoms with Crippen LogP contribution in [0, 0.1) is 0 Å². The lowest BCUT2D eigenvalue weighted by molar-refractivity contribution is 0.238. The molecule has 1 fully saturated rings. The van der Waals surface area contributed by atoms with Crippen LogP contribution in [0.3, 0.4) is 0 Å². The molecule has 0 radical (unpaired) electrons. The third kappa shape index (κ3) is 4.39. The van der Waals surface area contributed by atoms with Gasteiger partial charge in [0.05, 0.1) is 13.7 Å². The minimum atomic E-state index is 0.667. The summed E-state index contributed by atoms with van der Waals surface area (Å²) in [5, 5.41) is 3.38. The van der Waals surface area contributed by atoms with Gasteiger partial charge < -0.3 is 19.7 Å². The lowest BCUT2D eigenvalue weighted by atomic mass is 10.1. The highest BCUT2D eigenvalue weighted by molar-refractivity contribution is 5.43. The largest absolute Gasteiger partial charge is 0.493 e. The fraction of sp³-hybridized carbons (Fsp3) is 0.625. The molecule has 1 N–H and O–H groups in total. The number of hydrogen-bond acceptors (Lipinski definition) is 4. The fourth-order valence-electron chi connectivity index (χ4n) is 2.59. The molecule has 1 heterocycles. The summed E-state index contributed by atoms with van der Waals surface area (Å²) in [5.41, 5.74) is 1.32. The summed E-state index contributed by atoms with van der Waals surface area (Å²) in [6.45, 7) is 8.43. The van der Waals surface area contributed by atoms with Gasteiger partial charge in [0.15, 0.2) is 11.5 Å². The average Bonchev–Trinajstić information content (AvgIpc) is 2.49. The van der Waals surface area contributed by atoms with Gasteiger partial charge in [-0.1, -0.05) is 6.07 Å². The van der Waals surface area contributed by atoms with Crippen LogP contribution in [0.15, 0.2) is 18.2 Å². The molecule has 0 aliphatic carbocycles. The molecule has 0 saturated carbocycles. The summed E-state index contributed by atoms with van der Waals surface area (Å²) < 4.78 is 10.9. The highest BCUT2D eigenvalue weighted by Crippen LogP contribution is 2.28. The standard InChI is InChI=1S/C16H26N2O2/c1-3-20-16-13-14(6-7-15(16)19-2)5-4-10-18-11-8-17-9-12-18/h6-7,13,17H,3-5,8-12H2,1-2H3. The van der Waals surface area contributed by atoms with Gasteiger partial charge in [-0.2, -0.15) is 0 Å². The molecule has 0 atom stereocenters. The summed E-state index contributed by atoms with van der Waals surface area (Å²) >= 11 is 0. The van der Waals surface area contributed by atoms with Gasteiger partial charge >= 0.3 is 0 Å². The van der Waals surface area contributed by atoms with Gasteiger partial charge in [-0.05, 0) is 44.0 Å². The number of methoxy groups -OCH3 is 1. The van der Waals surface area contributed by atoms with Crippen LogP contribution < -0.4 is 14.8 Å². The van der Waals surface area contributed by atoms with Crippen LogP contribution in [0.4, 0.5) is 0 Å². The average molecular weight is 278 g/mol. The molecule has 0 unspecified atom stereocenters. The molecule has 0 bridgehead atoms. The van der Waals surface area contributed by atoms with Gasteiger partial charge in [0.2, 0.25) is 0 Å². The molecule has 4 nitrogen and oxygen atoms in total. The molecule has 0 amide bonds. The zero-order chi connectivity index (χ0) is 14.2. The second-order valence-corrected chi connectivity index (χ2v) is 5.11. The van der Waals surface area contributed by atoms with E-state index in [0.717, 1.165) is 31.0 Å². The molecular formula is C16H26N2O2. The van der Waals surface area contributed by atoms with E-state index in [-0.39, 0.29) is 0 Å². The van der Waals surface area contributed by atoms with Crippen LogP contribution >= 0.6 is 0 Å². The van der Waals surface area contributed by atoms with Crippen molar-refractivity contribution in [3.63, 3.8) is 0 Å². The maximum Gasteiger partial charge on any atom is 0.161 e. The van der Waals surface area contributed by atoms with Gasteiger partial charge in [-0.15, -0.1) is 0 Å². The van der Waals surface area contributed by atoms with Crippen LogP contribution in [0.1, 0.15) is 18.9 Å². The minimum Gasteiger partial charge on any atom is -0.493 e. The first-order valence-electron chi connectivity index (χ1n) is 7.56. The first-order chi connectivity index (χ1) is 9.83. The van der Waals surface area contributed by atoms with Crippen molar-refractivity contribution < 1.29 is 9.47 Å². The third-order valence-corrected chi connectivity index (χ3v) is 3.68. The van der Waals surface area contributed by atoms with E-state index < -0.39 is 0 Å². The maximum atomic E-state index is 5.62. The van der Waals surface area contributed by atoms with E-state index in [1.54, 1.807) is 7.11 Å². The lowest BCUT2D eigenvalue weighted by Crippen LogP contribution is -2.43. The Morgan fingerprint density at radius 1 is 1.20 bits per heavy atom. The van der Waals surface area contributed by atoms with Gasteiger partial charge in [-0.25, -0.2) is 0 Å². The number of hydrogen-bond donors (Lipinski definition) is 1. The lowest BCUT2D eigenvalue weighted by Gasteiger charge is -2.27. The van der Waals surface area contributed by atoms with Gasteiger partial charge in [0.1, 0.15) is 0 Å². The Hall–Kier alpha value is -1.26. The van der Waals surface area contributed by atoms with E-state index in [4.69, 9.17) is 9.47 Å². The monoisotopic (exact) mass is 278 g/mol. The highest BCUT2D eigenvalue weighted by atomic mass is 16.5. The number of piperazine rings is 1. The summed E-state index contributed by atoms with van der Waals surface area (Å²) in [6, 6.07) is 6.25. The Labute approximate surface area is 122 Å². The van der Waals surface area contributed by atoms with E-state index in [9.17, 15) is 0 Å². The molecular weight excluding hydrogens is 252 g/mol. The first-order valence-corrected chi connectivity index (χ1v) is 7.56. The zero-order valence-electron chi connectivity index (χ0n) is 12.7. The smallest absolute Gasteiger partial charge is 0.161 e. The van der Waals surface area contributed by atoms with E-state index in [1.165, 1.54) is 31.6 Å². The number of ether oxygens (including phenoxy) is 2. The predicted octanol–water partition coefficient (Wildman–Crippen LogP) is 1.93. The zero-order valence-corrected chi connectivity index (χ0v) is 12.7. The molecule has 1 aliphatic heterocycles. The molecule has 2 rings (SSSR count). The maximum absolute atomic E-state index is 5.62. The second-order valence-electron chi connectivity index (χ2n) is 5.11. The van der Waals surface area contributed by atoms with Crippen molar-refractivity contribution in [1.82, 2.24) is 10.2 Å². The van der Waals surface area contributed by atoms with Crippen molar-refractivity contribution in [2.45, 2.75) is 19.8 Å². The van der Waals surface area contributed by atoms with Crippen molar-refractivity contribution in [2.24, 2.45) is 0 Å². The van der Waals surface area contributed by atoms with Crippen LogP contribution in [-0.4, -0.2) is 51.3 Å². The molecule has 0 aromatic heterocycles. The van der Waals surface area contributed by atoms with E-state index >= 15 is 0 Å². The molecule has 0 spiro atoms. The highest BCUT2D eigenvalue weighted by Gasteiger charge is 2.09. The number of nitrogens with one attached hydrogen (secondary N) is 1. The van der Waals surface area contributed by atoms with Crippen LogP contribution in [0.5, 0.6) is 11.5 Å². The third-order valence-electron chi connectivity index (χ3n) is 3.68. The molecule has 1 aliphatic rings. The Morgan fingerprint density at radius 2 is 2.00 bits per heavy atom. The normalized spacial score (nSPS) is 16.1. The van der Waals surface area contributed by atoms with Crippen LogP contribution in [0.2, 0.25) is 0 Å². The van der Waals surface area contributed by atoms with Gasteiger partial charge in [0, 0.05) is 26.2 Å². The molecule has 112 valence electrons. The molecule has 20 heavy (non-hydrogen) atoms. The van der Waals surface area contributed by atoms with Crippen molar-refractivity contribution in [1.29, 1.82) is 0 Å². The predicted molar refractivity (Wildman–Crippen MR) is 81.8 cm³/mol. The van der Waals surface area contributed by atoms with E-state index in [0.29, 0.717) is 6.61 Å². The summed E-state index contributed by atoms with van der Waals surface area (Å²) in [4.78, 5) is 2.53. The van der Waals surface area contributed by atoms with E-state index in [1.807, 2.05) is 13.0 Å². The Morgan fingerprint density at radius 3 is 2.70 bits per heavy atom. The number of nitrogens with zero attached hydrogens (tertiary/aromatic N) is 1. The molecule has 1 aromatic carbocycles. The van der Waals surface area contributed by atoms with Crippen LogP contribution in [-0.2, 0) is 6.42 Å². The molecule has 1 aromatic rings. The van der Waals surface area contributed by atoms with Gasteiger partial charge in [0.25, 0.3) is 0 Å². The second kappa shape index (κ2) is 8.12. The minimum absolute atomic E-state index is 0.667. The number of aryl methyl sites for hydroxylation is 1. The summed E-state index contributed by atoms with van der Waals surface area (Å²) in [7, 11) is 1.68. The topological polar surface area (TPSA) is 33.7 Å². The quantitative estimate of drug-likeness (QED) is 0.826. The Kier molecular flexibility index (Phi) is 6.15. The Balaban J connectivity index is 1.84. The van der Waals surface area contributed by atoms with Crippen molar-refractivity contribution in [3.8, 4) is 11.5 Å². The first kappa shape index (κ1) is 15.1. The van der Waals surface area contributed by atoms with Crippen LogP contribution in [0.25, 0.3) is 0 Å². The SMILES string of the molecule is CCOc1cc(CCCN2CCNCC2)ccc1OC. The van der Waals surface area contributed by atoms with Gasteiger partial charge in [-0.3, -0.25) is 0 Å². The fourth-order valence-corrected chi connectivity index (χ4v) is 2.59. The summed E-state index contributed by atoms with van der Waals surface area (Å²) in [5.74, 6) is 1.67. The Bertz CT molecular complexity index is 403. The number of benzene rings is 1. The van der Waals surface area contributed by atoms with Crippen molar-refractivity contribution in [2.75, 3.05) is 46.4 Å². The molecule has 1 saturated heterocycles. The van der Waals surface area contributed by atoms with Crippen molar-refractivity contribution >= 4 is 0 Å². The van der Waals surface area contributed by atoms with Crippen molar-refractivity contribution in [3.05, 3.63) is 23.8 Å².